The van der Waals surface area contributed by atoms with Crippen molar-refractivity contribution in [3.05, 3.63) is 22.5 Å². The lowest BCUT2D eigenvalue weighted by Gasteiger charge is -1.98. The van der Waals surface area contributed by atoms with Gasteiger partial charge in [-0.3, -0.25) is 9.59 Å². The Kier molecular flexibility index (Phi) is 3.44. The molecule has 0 radical (unpaired) electrons. The van der Waals surface area contributed by atoms with Gasteiger partial charge in [0.05, 0.1) is 5.69 Å². The minimum atomic E-state index is -1.16. The molecule has 3 N–H and O–H groups in total. The Bertz CT molecular complexity index is 446. The molecule has 0 bridgehead atoms. The summed E-state index contributed by atoms with van der Waals surface area (Å²) in [5.74, 6) is -2.16. The third kappa shape index (κ3) is 2.28. The van der Waals surface area contributed by atoms with Crippen LogP contribution in [0.4, 0.5) is 0 Å². The van der Waals surface area contributed by atoms with E-state index in [-0.39, 0.29) is 24.2 Å². The van der Waals surface area contributed by atoms with Crippen LogP contribution in [0.5, 0.6) is 0 Å². The molecule has 16 heavy (non-hydrogen) atoms. The number of H-pyrrole nitrogens is 1. The van der Waals surface area contributed by atoms with Gasteiger partial charge in [-0.2, -0.15) is 0 Å². The smallest absolute Gasteiger partial charge is 0.352 e. The Labute approximate surface area is 90.9 Å². The lowest BCUT2D eigenvalue weighted by molar-refractivity contribution is -0.136. The minimum absolute atomic E-state index is 0.0671. The molecule has 0 aromatic carbocycles. The minimum Gasteiger partial charge on any atom is -0.481 e. The summed E-state index contributed by atoms with van der Waals surface area (Å²) in [5.41, 5.74) is 0.935. The molecule has 6 nitrogen and oxygen atoms in total. The van der Waals surface area contributed by atoms with E-state index in [4.69, 9.17) is 10.2 Å². The summed E-state index contributed by atoms with van der Waals surface area (Å²) >= 11 is 0. The number of nitrogens with one attached hydrogen (secondary N) is 1. The Morgan fingerprint density at radius 3 is 2.44 bits per heavy atom. The van der Waals surface area contributed by atoms with Crippen molar-refractivity contribution in [3.8, 4) is 0 Å². The van der Waals surface area contributed by atoms with Gasteiger partial charge in [0, 0.05) is 6.42 Å². The fourth-order valence-corrected chi connectivity index (χ4v) is 1.53. The van der Waals surface area contributed by atoms with Crippen molar-refractivity contribution in [1.29, 1.82) is 0 Å². The molecule has 0 saturated heterocycles. The number of aldehydes is 1. The molecule has 0 amide bonds. The highest BCUT2D eigenvalue weighted by molar-refractivity contribution is 5.90. The standard InChI is InChI=1S/C10H11NO5/c1-5-6(2-3-8(13)14)7(4-12)11-9(5)10(15)16/h4,11H,2-3H2,1H3,(H,13,14)(H,15,16). The molecular formula is C10H11NO5. The lowest BCUT2D eigenvalue weighted by Crippen LogP contribution is -2.01. The van der Waals surface area contributed by atoms with E-state index in [2.05, 4.69) is 4.98 Å². The Hall–Kier alpha value is -2.11. The molecule has 0 aliphatic rings. The van der Waals surface area contributed by atoms with E-state index < -0.39 is 11.9 Å². The highest BCUT2D eigenvalue weighted by atomic mass is 16.4. The summed E-state index contributed by atoms with van der Waals surface area (Å²) < 4.78 is 0. The SMILES string of the molecule is Cc1c(C(=O)O)[nH]c(C=O)c1CCC(=O)O. The first kappa shape index (κ1) is 12.0. The number of rotatable bonds is 5. The van der Waals surface area contributed by atoms with Gasteiger partial charge >= 0.3 is 11.9 Å². The second kappa shape index (κ2) is 4.61. The van der Waals surface area contributed by atoms with E-state index in [1.807, 2.05) is 0 Å². The topological polar surface area (TPSA) is 107 Å². The van der Waals surface area contributed by atoms with E-state index >= 15 is 0 Å². The largest absolute Gasteiger partial charge is 0.481 e. The molecule has 86 valence electrons. The van der Waals surface area contributed by atoms with Crippen LogP contribution in [0.1, 0.15) is 38.5 Å². The molecule has 0 saturated carbocycles. The van der Waals surface area contributed by atoms with Crippen LogP contribution in [-0.4, -0.2) is 33.4 Å². The number of hydrogen-bond acceptors (Lipinski definition) is 3. The number of carbonyl (C=O) groups excluding carboxylic acids is 1. The summed E-state index contributed by atoms with van der Waals surface area (Å²) in [4.78, 5) is 34.3. The molecule has 0 fully saturated rings. The highest BCUT2D eigenvalue weighted by Crippen LogP contribution is 2.19. The Balaban J connectivity index is 3.10. The van der Waals surface area contributed by atoms with Crippen LogP contribution < -0.4 is 0 Å². The number of aromatic amines is 1. The van der Waals surface area contributed by atoms with Gasteiger partial charge in [0.2, 0.25) is 0 Å². The van der Waals surface area contributed by atoms with Gasteiger partial charge in [-0.05, 0) is 24.5 Å². The molecule has 1 aromatic heterocycles. The van der Waals surface area contributed by atoms with E-state index in [0.717, 1.165) is 0 Å². The van der Waals surface area contributed by atoms with Crippen molar-refractivity contribution < 1.29 is 24.6 Å². The predicted octanol–water partition coefficient (Wildman–Crippen LogP) is 0.851. The zero-order valence-corrected chi connectivity index (χ0v) is 8.61. The Morgan fingerprint density at radius 1 is 1.38 bits per heavy atom. The summed E-state index contributed by atoms with van der Waals surface area (Å²) in [6.07, 6.45) is 0.494. The van der Waals surface area contributed by atoms with Crippen LogP contribution in [0.3, 0.4) is 0 Å². The number of carbonyl (C=O) groups is 3. The number of hydrogen-bond donors (Lipinski definition) is 3. The number of aromatic carboxylic acids is 1. The van der Waals surface area contributed by atoms with Crippen molar-refractivity contribution >= 4 is 18.2 Å². The first-order valence-corrected chi connectivity index (χ1v) is 4.59. The van der Waals surface area contributed by atoms with Gasteiger partial charge in [0.25, 0.3) is 0 Å². The molecule has 1 aromatic rings. The summed E-state index contributed by atoms with van der Waals surface area (Å²) in [7, 11) is 0. The van der Waals surface area contributed by atoms with Crippen LogP contribution in [0, 0.1) is 6.92 Å². The second-order valence-corrected chi connectivity index (χ2v) is 3.33. The number of aromatic nitrogens is 1. The van der Waals surface area contributed by atoms with Crippen LogP contribution in [0.25, 0.3) is 0 Å². The third-order valence-electron chi connectivity index (χ3n) is 2.33. The maximum atomic E-state index is 10.8. The van der Waals surface area contributed by atoms with E-state index in [0.29, 0.717) is 17.4 Å². The maximum Gasteiger partial charge on any atom is 0.352 e. The molecule has 0 atom stereocenters. The first-order chi connectivity index (χ1) is 7.47. The number of aliphatic carboxylic acids is 1. The Morgan fingerprint density at radius 2 is 2.00 bits per heavy atom. The van der Waals surface area contributed by atoms with Crippen molar-refractivity contribution in [2.24, 2.45) is 0 Å². The molecule has 0 unspecified atom stereocenters. The zero-order valence-electron chi connectivity index (χ0n) is 8.61. The second-order valence-electron chi connectivity index (χ2n) is 3.33. The monoisotopic (exact) mass is 225 g/mol. The maximum absolute atomic E-state index is 10.8. The summed E-state index contributed by atoms with van der Waals surface area (Å²) in [5, 5.41) is 17.3. The molecule has 0 aliphatic carbocycles. The predicted molar refractivity (Wildman–Crippen MR) is 53.8 cm³/mol. The fraction of sp³-hybridized carbons (Fsp3) is 0.300. The number of carboxylic acid groups (broad SMARTS) is 2. The van der Waals surface area contributed by atoms with Crippen LogP contribution in [0.15, 0.2) is 0 Å². The van der Waals surface area contributed by atoms with E-state index in [1.54, 1.807) is 6.92 Å². The average molecular weight is 225 g/mol. The van der Waals surface area contributed by atoms with Gasteiger partial charge in [-0.25, -0.2) is 4.79 Å². The first-order valence-electron chi connectivity index (χ1n) is 4.59. The average Bonchev–Trinajstić information content (AvgIpc) is 2.52. The highest BCUT2D eigenvalue weighted by Gasteiger charge is 2.18. The molecule has 1 rings (SSSR count). The normalized spacial score (nSPS) is 10.1. The van der Waals surface area contributed by atoms with E-state index in [1.165, 1.54) is 0 Å². The van der Waals surface area contributed by atoms with Crippen molar-refractivity contribution in [2.75, 3.05) is 0 Å². The lowest BCUT2D eigenvalue weighted by atomic mass is 10.0. The van der Waals surface area contributed by atoms with Gasteiger partial charge in [0.15, 0.2) is 6.29 Å². The van der Waals surface area contributed by atoms with E-state index in [9.17, 15) is 14.4 Å². The zero-order chi connectivity index (χ0) is 12.3. The van der Waals surface area contributed by atoms with Gasteiger partial charge in [-0.15, -0.1) is 0 Å². The van der Waals surface area contributed by atoms with Gasteiger partial charge in [0.1, 0.15) is 5.69 Å². The molecule has 0 aliphatic heterocycles. The summed E-state index contributed by atoms with van der Waals surface area (Å²) in [6, 6.07) is 0. The van der Waals surface area contributed by atoms with Crippen molar-refractivity contribution in [1.82, 2.24) is 4.98 Å². The fourth-order valence-electron chi connectivity index (χ4n) is 1.53. The summed E-state index contributed by atoms with van der Waals surface area (Å²) in [6.45, 7) is 1.55. The quantitative estimate of drug-likeness (QED) is 0.644. The van der Waals surface area contributed by atoms with Crippen molar-refractivity contribution in [2.45, 2.75) is 19.8 Å². The van der Waals surface area contributed by atoms with Crippen molar-refractivity contribution in [3.63, 3.8) is 0 Å². The van der Waals surface area contributed by atoms with Crippen LogP contribution in [-0.2, 0) is 11.2 Å². The van der Waals surface area contributed by atoms with Crippen LogP contribution >= 0.6 is 0 Å². The third-order valence-corrected chi connectivity index (χ3v) is 2.33. The number of carboxylic acids is 2. The van der Waals surface area contributed by atoms with Gasteiger partial charge < -0.3 is 15.2 Å². The molecular weight excluding hydrogens is 214 g/mol. The molecule has 0 spiro atoms. The van der Waals surface area contributed by atoms with Gasteiger partial charge in [-0.1, -0.05) is 0 Å². The molecule has 6 heteroatoms. The van der Waals surface area contributed by atoms with Crippen LogP contribution in [0.2, 0.25) is 0 Å². The molecule has 1 heterocycles.